The molecule has 0 radical (unpaired) electrons. The summed E-state index contributed by atoms with van der Waals surface area (Å²) in [7, 11) is 0. The Morgan fingerprint density at radius 2 is 1.07 bits per heavy atom. The van der Waals surface area contributed by atoms with Crippen LogP contribution < -0.4 is 0 Å². The number of Topliss-reactive ketones (excluding diaryl/α,β-unsaturated/α-hetero) is 2. The van der Waals surface area contributed by atoms with E-state index in [1.54, 1.807) is 0 Å². The Labute approximate surface area is 172 Å². The highest BCUT2D eigenvalue weighted by Gasteiger charge is 2.27. The Kier molecular flexibility index (Phi) is 5.25. The smallest absolute Gasteiger partial charge is 0.173 e. The molecule has 2 aromatic carbocycles. The van der Waals surface area contributed by atoms with E-state index in [2.05, 4.69) is 0 Å². The van der Waals surface area contributed by atoms with E-state index < -0.39 is 0 Å². The number of carbonyl (C=O) groups excluding carboxylic acids is 2. The molecule has 4 rings (SSSR count). The molecule has 4 heteroatoms. The van der Waals surface area contributed by atoms with Gasteiger partial charge in [-0.2, -0.15) is 0 Å². The van der Waals surface area contributed by atoms with Gasteiger partial charge in [0.05, 0.1) is 13.8 Å². The van der Waals surface area contributed by atoms with Crippen LogP contribution in [0.25, 0.3) is 31.7 Å². The lowest BCUT2D eigenvalue weighted by molar-refractivity contribution is 0.0985. The zero-order valence-electron chi connectivity index (χ0n) is 15.8. The van der Waals surface area contributed by atoms with Crippen LogP contribution in [-0.4, -0.2) is 11.6 Å². The van der Waals surface area contributed by atoms with E-state index in [-0.39, 0.29) is 11.6 Å². The number of carbonyl (C=O) groups is 2. The Balaban J connectivity index is 2.13. The van der Waals surface area contributed by atoms with Gasteiger partial charge in [0.2, 0.25) is 0 Å². The fraction of sp³-hybridized carbons (Fsp3) is 0.167. The normalized spacial score (nSPS) is 11.1. The third-order valence-electron chi connectivity index (χ3n) is 4.82. The molecule has 0 aliphatic carbocycles. The summed E-state index contributed by atoms with van der Waals surface area (Å²) < 4.78 is 1.05. The molecule has 0 N–H and O–H groups in total. The molecular formula is C24H20O2S2. The Morgan fingerprint density at radius 1 is 0.679 bits per heavy atom. The molecule has 0 spiro atoms. The van der Waals surface area contributed by atoms with Crippen LogP contribution in [0, 0.1) is 0 Å². The molecule has 0 atom stereocenters. The molecule has 2 heterocycles. The monoisotopic (exact) mass is 404 g/mol. The number of hydrogen-bond donors (Lipinski definition) is 0. The average molecular weight is 405 g/mol. The summed E-state index contributed by atoms with van der Waals surface area (Å²) in [6, 6.07) is 20.1. The number of benzene rings is 2. The van der Waals surface area contributed by atoms with Crippen molar-refractivity contribution >= 4 is 43.6 Å². The van der Waals surface area contributed by atoms with Crippen molar-refractivity contribution in [1.82, 2.24) is 0 Å². The lowest BCUT2D eigenvalue weighted by atomic mass is 9.94. The van der Waals surface area contributed by atoms with E-state index in [0.29, 0.717) is 12.8 Å². The van der Waals surface area contributed by atoms with Crippen LogP contribution in [0.4, 0.5) is 0 Å². The number of fused-ring (bicyclic) bond motifs is 1. The van der Waals surface area contributed by atoms with Gasteiger partial charge in [0, 0.05) is 29.4 Å². The highest BCUT2D eigenvalue weighted by atomic mass is 32.2. The summed E-state index contributed by atoms with van der Waals surface area (Å²) in [6.45, 7) is 3.80. The second kappa shape index (κ2) is 7.82. The zero-order valence-corrected chi connectivity index (χ0v) is 17.5. The molecule has 0 saturated heterocycles. The second-order valence-electron chi connectivity index (χ2n) is 6.56. The summed E-state index contributed by atoms with van der Waals surface area (Å²) in [5.74, 6) is 0.296. The van der Waals surface area contributed by atoms with Crippen LogP contribution in [0.15, 0.2) is 60.7 Å². The molecule has 4 aromatic rings. The first-order valence-corrected chi connectivity index (χ1v) is 11.1. The Hall–Kier alpha value is -2.56. The molecule has 0 aliphatic rings. The average Bonchev–Trinajstić information content (AvgIpc) is 3.30. The first-order valence-electron chi connectivity index (χ1n) is 9.42. The minimum atomic E-state index is 0.148. The highest BCUT2D eigenvalue weighted by molar-refractivity contribution is 7.40. The SMILES string of the molecule is CCC(=O)c1sc2sc(C(=O)CC)c(-c3ccccc3)c2c1-c1ccccc1. The van der Waals surface area contributed by atoms with Gasteiger partial charge in [0.1, 0.15) is 0 Å². The summed E-state index contributed by atoms with van der Waals surface area (Å²) in [6.07, 6.45) is 0.935. The van der Waals surface area contributed by atoms with Gasteiger partial charge in [-0.05, 0) is 11.1 Å². The van der Waals surface area contributed by atoms with Gasteiger partial charge in [-0.3, -0.25) is 9.59 Å². The van der Waals surface area contributed by atoms with Crippen molar-refractivity contribution in [1.29, 1.82) is 0 Å². The van der Waals surface area contributed by atoms with E-state index in [1.807, 2.05) is 74.5 Å². The van der Waals surface area contributed by atoms with Crippen molar-refractivity contribution in [2.24, 2.45) is 0 Å². The number of thiophene rings is 2. The van der Waals surface area contributed by atoms with E-state index in [4.69, 9.17) is 0 Å². The molecule has 0 saturated carbocycles. The van der Waals surface area contributed by atoms with Gasteiger partial charge < -0.3 is 0 Å². The van der Waals surface area contributed by atoms with Crippen molar-refractivity contribution in [3.05, 3.63) is 70.4 Å². The topological polar surface area (TPSA) is 34.1 Å². The maximum absolute atomic E-state index is 12.7. The Bertz CT molecular complexity index is 1060. The fourth-order valence-corrected chi connectivity index (χ4v) is 6.25. The number of rotatable bonds is 6. The van der Waals surface area contributed by atoms with Gasteiger partial charge in [0.15, 0.2) is 11.6 Å². The zero-order chi connectivity index (χ0) is 19.7. The van der Waals surface area contributed by atoms with Gasteiger partial charge >= 0.3 is 0 Å². The van der Waals surface area contributed by atoms with Crippen molar-refractivity contribution in [3.63, 3.8) is 0 Å². The van der Waals surface area contributed by atoms with Crippen LogP contribution in [0.1, 0.15) is 46.0 Å². The summed E-state index contributed by atoms with van der Waals surface area (Å²) in [5, 5.41) is 1.04. The first-order chi connectivity index (χ1) is 13.7. The number of hydrogen-bond acceptors (Lipinski definition) is 4. The molecule has 0 aliphatic heterocycles. The maximum Gasteiger partial charge on any atom is 0.173 e. The van der Waals surface area contributed by atoms with Crippen LogP contribution >= 0.6 is 22.7 Å². The largest absolute Gasteiger partial charge is 0.293 e. The molecule has 140 valence electrons. The van der Waals surface area contributed by atoms with Crippen LogP contribution in [-0.2, 0) is 0 Å². The predicted molar refractivity (Wildman–Crippen MR) is 120 cm³/mol. The summed E-state index contributed by atoms with van der Waals surface area (Å²) in [4.78, 5) is 27.1. The minimum absolute atomic E-state index is 0.148. The van der Waals surface area contributed by atoms with Crippen LogP contribution in [0.5, 0.6) is 0 Å². The molecular weight excluding hydrogens is 384 g/mol. The third kappa shape index (κ3) is 3.13. The number of ketones is 2. The highest BCUT2D eigenvalue weighted by Crippen LogP contribution is 2.50. The fourth-order valence-electron chi connectivity index (χ4n) is 3.44. The maximum atomic E-state index is 12.7. The molecule has 0 bridgehead atoms. The molecule has 2 nitrogen and oxygen atoms in total. The van der Waals surface area contributed by atoms with Gasteiger partial charge in [-0.15, -0.1) is 22.7 Å². The van der Waals surface area contributed by atoms with E-state index in [0.717, 1.165) is 41.4 Å². The van der Waals surface area contributed by atoms with Gasteiger partial charge in [-0.1, -0.05) is 74.5 Å². The van der Waals surface area contributed by atoms with Gasteiger partial charge in [0.25, 0.3) is 0 Å². The van der Waals surface area contributed by atoms with Crippen LogP contribution in [0.3, 0.4) is 0 Å². The van der Waals surface area contributed by atoms with Gasteiger partial charge in [-0.25, -0.2) is 0 Å². The molecule has 0 unspecified atom stereocenters. The lowest BCUT2D eigenvalue weighted by Gasteiger charge is -2.08. The summed E-state index contributed by atoms with van der Waals surface area (Å²) in [5.41, 5.74) is 3.99. The van der Waals surface area contributed by atoms with Crippen LogP contribution in [0.2, 0.25) is 0 Å². The molecule has 28 heavy (non-hydrogen) atoms. The summed E-state index contributed by atoms with van der Waals surface area (Å²) >= 11 is 3.05. The first kappa shape index (κ1) is 18.8. The van der Waals surface area contributed by atoms with E-state index >= 15 is 0 Å². The molecule has 0 fully saturated rings. The molecule has 0 amide bonds. The quantitative estimate of drug-likeness (QED) is 0.312. The molecule has 2 aromatic heterocycles. The van der Waals surface area contributed by atoms with Crippen molar-refractivity contribution < 1.29 is 9.59 Å². The van der Waals surface area contributed by atoms with E-state index in [1.165, 1.54) is 22.7 Å². The second-order valence-corrected chi connectivity index (χ2v) is 8.86. The van der Waals surface area contributed by atoms with Crippen molar-refractivity contribution in [2.75, 3.05) is 0 Å². The lowest BCUT2D eigenvalue weighted by Crippen LogP contribution is -1.98. The third-order valence-corrected chi connectivity index (χ3v) is 7.37. The van der Waals surface area contributed by atoms with E-state index in [9.17, 15) is 9.59 Å². The van der Waals surface area contributed by atoms with Crippen molar-refractivity contribution in [2.45, 2.75) is 26.7 Å². The minimum Gasteiger partial charge on any atom is -0.293 e. The standard InChI is InChI=1S/C24H20O2S2/c1-3-17(25)22-19(15-11-7-5-8-12-15)21-20(16-13-9-6-10-14-16)23(18(26)4-2)28-24(21)27-22/h5-14H,3-4H2,1-2H3. The predicted octanol–water partition coefficient (Wildman–Crippen LogP) is 7.48. The Morgan fingerprint density at radius 3 is 1.43 bits per heavy atom. The van der Waals surface area contributed by atoms with Crippen molar-refractivity contribution in [3.8, 4) is 22.3 Å².